The van der Waals surface area contributed by atoms with E-state index < -0.39 is 15.0 Å². The zero-order valence-electron chi connectivity index (χ0n) is 44.0. The number of rotatable bonds is 15. The molecule has 0 aliphatic heterocycles. The van der Waals surface area contributed by atoms with Crippen LogP contribution in [0.3, 0.4) is 0 Å². The molecule has 0 amide bonds. The van der Waals surface area contributed by atoms with Crippen molar-refractivity contribution in [3.8, 4) is 45.3 Å². The lowest BCUT2D eigenvalue weighted by Crippen LogP contribution is -2.36. The van der Waals surface area contributed by atoms with Gasteiger partial charge >= 0.3 is 7.12 Å². The Kier molecular flexibility index (Phi) is 24.2. The minimum atomic E-state index is -1.38. The predicted molar refractivity (Wildman–Crippen MR) is 299 cm³/mol. The molecule has 7 rings (SSSR count). The maximum absolute atomic E-state index is 9.12. The molecule has 0 saturated carbocycles. The molecule has 2 heterocycles. The highest BCUT2D eigenvalue weighted by molar-refractivity contribution is 7.74. The molecule has 0 atom stereocenters. The fourth-order valence-electron chi connectivity index (χ4n) is 7.53. The maximum atomic E-state index is 9.12. The molecule has 7 aromatic rings. The summed E-state index contributed by atoms with van der Waals surface area (Å²) in [5.41, 5.74) is 9.00. The normalized spacial score (nSPS) is 11.8. The number of hydrogen-bond acceptors (Lipinski definition) is 12. The van der Waals surface area contributed by atoms with Gasteiger partial charge in [-0.05, 0) is 53.5 Å². The zero-order valence-corrected chi connectivity index (χ0v) is 45.7. The first-order valence-corrected chi connectivity index (χ1v) is 25.1. The van der Waals surface area contributed by atoms with Gasteiger partial charge in [-0.1, -0.05) is 168 Å². The number of aromatic nitrogens is 4. The Labute approximate surface area is 439 Å². The maximum Gasteiger partial charge on any atom is 0.488 e. The van der Waals surface area contributed by atoms with E-state index in [0.717, 1.165) is 61.2 Å². The molecule has 384 valence electrons. The lowest BCUT2D eigenvalue weighted by Gasteiger charge is -2.26. The van der Waals surface area contributed by atoms with Crippen LogP contribution < -0.4 is 20.2 Å². The topological polar surface area (TPSA) is 147 Å². The Morgan fingerprint density at radius 3 is 1.41 bits per heavy atom. The van der Waals surface area contributed by atoms with Gasteiger partial charge in [0.25, 0.3) is 0 Å². The number of benzene rings is 5. The Morgan fingerprint density at radius 2 is 0.973 bits per heavy atom. The summed E-state index contributed by atoms with van der Waals surface area (Å²) in [5, 5.41) is 21.5. The molecule has 0 fully saturated rings. The smallest absolute Gasteiger partial charge is 0.488 e. The highest BCUT2D eigenvalue weighted by atomic mass is 35.5. The first-order chi connectivity index (χ1) is 35.0. The standard InChI is InChI=1S/C20H20N2.C18H27O6P.C10H15BO2.C10H7ClN2/c1-20(2,3)17-12-8-7-11-16(17)19-13-18(21-14-22-19)15-9-5-4-6-10-15;1-19-10-14(11-20-2)25(15(12-21-3)13-22-4)18-16(23-5)8-7-9-17(18)24-6;1-10(2,3)8-6-4-5-7-9(8)11(12)13;11-10-6-9(12-7-13-10)8-4-2-1-3-5-8/h4-14H,1-3H3;7-10,12H,11,13H2,1-6H3;4-7,12-13H,1-3H3;1-7H/b;14-10-,15-12-;;. The third-order valence-corrected chi connectivity index (χ3v) is 13.5. The minimum Gasteiger partial charge on any atom is -0.504 e. The minimum absolute atomic E-state index is 0.0553. The van der Waals surface area contributed by atoms with Crippen LogP contribution in [0, 0.1) is 0 Å². The first kappa shape index (κ1) is 59.1. The molecule has 0 radical (unpaired) electrons. The highest BCUT2D eigenvalue weighted by Gasteiger charge is 2.29. The van der Waals surface area contributed by atoms with Crippen LogP contribution in [0.1, 0.15) is 52.7 Å². The van der Waals surface area contributed by atoms with Crippen LogP contribution in [0.5, 0.6) is 11.5 Å². The lowest BCUT2D eigenvalue weighted by atomic mass is 9.70. The van der Waals surface area contributed by atoms with Crippen molar-refractivity contribution in [3.05, 3.63) is 192 Å². The summed E-state index contributed by atoms with van der Waals surface area (Å²) in [6, 6.07) is 45.4. The van der Waals surface area contributed by atoms with Crippen molar-refractivity contribution in [2.24, 2.45) is 0 Å². The van der Waals surface area contributed by atoms with Crippen LogP contribution in [-0.2, 0) is 29.8 Å². The molecule has 73 heavy (non-hydrogen) atoms. The summed E-state index contributed by atoms with van der Waals surface area (Å²) in [6.07, 6.45) is 6.50. The van der Waals surface area contributed by atoms with E-state index in [1.165, 1.54) is 17.5 Å². The third-order valence-electron chi connectivity index (χ3n) is 10.8. The first-order valence-electron chi connectivity index (χ1n) is 23.4. The van der Waals surface area contributed by atoms with E-state index in [4.69, 9.17) is 50.1 Å². The van der Waals surface area contributed by atoms with Crippen LogP contribution >= 0.6 is 19.5 Å². The van der Waals surface area contributed by atoms with Crippen LogP contribution in [0.25, 0.3) is 33.8 Å². The molecule has 0 aliphatic carbocycles. The van der Waals surface area contributed by atoms with Gasteiger partial charge in [0.05, 0.1) is 76.6 Å². The van der Waals surface area contributed by atoms with Crippen LogP contribution in [0.15, 0.2) is 175 Å². The van der Waals surface area contributed by atoms with Crippen molar-refractivity contribution in [2.45, 2.75) is 52.4 Å². The van der Waals surface area contributed by atoms with Gasteiger partial charge in [-0.15, -0.1) is 0 Å². The van der Waals surface area contributed by atoms with Gasteiger partial charge in [-0.2, -0.15) is 0 Å². The lowest BCUT2D eigenvalue weighted by molar-refractivity contribution is 0.223. The molecule has 2 N–H and O–H groups in total. The van der Waals surface area contributed by atoms with Crippen molar-refractivity contribution < 1.29 is 38.5 Å². The molecule has 0 unspecified atom stereocenters. The largest absolute Gasteiger partial charge is 0.504 e. The summed E-state index contributed by atoms with van der Waals surface area (Å²) >= 11 is 5.74. The molecule has 0 bridgehead atoms. The number of nitrogens with zero attached hydrogens (tertiary/aromatic N) is 4. The summed E-state index contributed by atoms with van der Waals surface area (Å²) in [4.78, 5) is 16.8. The fourth-order valence-corrected chi connectivity index (χ4v) is 10.3. The number of hydrogen-bond donors (Lipinski definition) is 2. The molecule has 12 nitrogen and oxygen atoms in total. The van der Waals surface area contributed by atoms with Crippen LogP contribution in [-0.4, -0.2) is 93.0 Å². The van der Waals surface area contributed by atoms with E-state index in [2.05, 4.69) is 83.2 Å². The number of methoxy groups -OCH3 is 6. The SMILES string of the molecule is CC(C)(C)c1ccccc1-c1cc(-c2ccccc2)ncn1.CC(C)(C)c1ccccc1B(O)O.CO/C=C(/COC)P(/C(=C\OC)COC)c1c(OC)cccc1OC.Clc1cc(-c2ccccc2)ncn1. The van der Waals surface area contributed by atoms with Gasteiger partial charge in [0.1, 0.15) is 29.3 Å². The van der Waals surface area contributed by atoms with E-state index in [1.54, 1.807) is 73.6 Å². The van der Waals surface area contributed by atoms with Crippen molar-refractivity contribution >= 4 is 37.4 Å². The van der Waals surface area contributed by atoms with Gasteiger partial charge in [0.2, 0.25) is 0 Å². The second-order valence-electron chi connectivity index (χ2n) is 18.2. The van der Waals surface area contributed by atoms with Crippen LogP contribution in [0.4, 0.5) is 0 Å². The van der Waals surface area contributed by atoms with Gasteiger partial charge in [-0.3, -0.25) is 0 Å². The van der Waals surface area contributed by atoms with Crippen molar-refractivity contribution in [3.63, 3.8) is 0 Å². The highest BCUT2D eigenvalue weighted by Crippen LogP contribution is 2.55. The van der Waals surface area contributed by atoms with Gasteiger partial charge < -0.3 is 38.5 Å². The summed E-state index contributed by atoms with van der Waals surface area (Å²) < 4.78 is 32.6. The predicted octanol–water partition coefficient (Wildman–Crippen LogP) is 11.6. The summed E-state index contributed by atoms with van der Waals surface area (Å²) in [7, 11) is 7.32. The Hall–Kier alpha value is -6.44. The molecule has 5 aromatic carbocycles. The molecular weight excluding hydrogens is 958 g/mol. The van der Waals surface area contributed by atoms with Crippen LogP contribution in [0.2, 0.25) is 5.15 Å². The van der Waals surface area contributed by atoms with Gasteiger partial charge in [-0.25, -0.2) is 19.9 Å². The van der Waals surface area contributed by atoms with Crippen molar-refractivity contribution in [2.75, 3.05) is 55.9 Å². The average molecular weight is 1030 g/mol. The van der Waals surface area contributed by atoms with E-state index in [9.17, 15) is 0 Å². The Bertz CT molecular complexity index is 2760. The molecule has 2 aromatic heterocycles. The van der Waals surface area contributed by atoms with Gasteiger partial charge in [0, 0.05) is 47.6 Å². The third kappa shape index (κ3) is 17.9. The van der Waals surface area contributed by atoms with Gasteiger partial charge in [0.15, 0.2) is 0 Å². The van der Waals surface area contributed by atoms with E-state index in [0.29, 0.717) is 23.8 Å². The van der Waals surface area contributed by atoms with Crippen molar-refractivity contribution in [1.29, 1.82) is 0 Å². The zero-order chi connectivity index (χ0) is 53.4. The molecular formula is C58H69BClN4O8P. The molecule has 0 spiro atoms. The summed E-state index contributed by atoms with van der Waals surface area (Å²) in [5.74, 6) is 1.45. The van der Waals surface area contributed by atoms with E-state index >= 15 is 0 Å². The number of halogens is 1. The quantitative estimate of drug-likeness (QED) is 0.0436. The van der Waals surface area contributed by atoms with Crippen molar-refractivity contribution in [1.82, 2.24) is 19.9 Å². The molecule has 0 saturated heterocycles. The Balaban J connectivity index is 0.000000219. The number of ether oxygens (including phenoxy) is 6. The Morgan fingerprint density at radius 1 is 0.534 bits per heavy atom. The molecule has 15 heteroatoms. The monoisotopic (exact) mass is 1030 g/mol. The summed E-state index contributed by atoms with van der Waals surface area (Å²) in [6.45, 7) is 13.6. The average Bonchev–Trinajstić information content (AvgIpc) is 3.39. The molecule has 0 aliphatic rings. The van der Waals surface area contributed by atoms with E-state index in [1.807, 2.05) is 106 Å². The van der Waals surface area contributed by atoms with E-state index in [-0.39, 0.29) is 10.8 Å². The second-order valence-corrected chi connectivity index (χ2v) is 20.8. The second kappa shape index (κ2) is 29.9. The fraction of sp³-hybridized carbons (Fsp3) is 0.276.